The molecule has 1 aliphatic heterocycles. The van der Waals surface area contributed by atoms with E-state index in [0.717, 1.165) is 47.8 Å². The highest BCUT2D eigenvalue weighted by Crippen LogP contribution is 2.43. The first-order valence-electron chi connectivity index (χ1n) is 9.84. The quantitative estimate of drug-likeness (QED) is 0.705. The van der Waals surface area contributed by atoms with Gasteiger partial charge in [-0.15, -0.1) is 11.3 Å². The molecule has 0 unspecified atom stereocenters. The number of thiophene rings is 1. The number of fused-ring (bicyclic) bond motifs is 1. The highest BCUT2D eigenvalue weighted by Gasteiger charge is 2.30. The smallest absolute Gasteiger partial charge is 0.312 e. The number of nitrogens with zero attached hydrogens (tertiary/aromatic N) is 3. The summed E-state index contributed by atoms with van der Waals surface area (Å²) in [5.41, 5.74) is 7.69. The lowest BCUT2D eigenvalue weighted by Gasteiger charge is -2.33. The molecule has 7 heteroatoms. The van der Waals surface area contributed by atoms with Gasteiger partial charge in [0.15, 0.2) is 0 Å². The van der Waals surface area contributed by atoms with Crippen LogP contribution in [0.1, 0.15) is 37.4 Å². The molecule has 2 fully saturated rings. The maximum absolute atomic E-state index is 11.2. The summed E-state index contributed by atoms with van der Waals surface area (Å²) >= 11 is 1.70. The molecule has 3 aromatic rings. The molecule has 0 bridgehead atoms. The van der Waals surface area contributed by atoms with E-state index in [9.17, 15) is 4.79 Å². The number of nitrogens with two attached hydrogens (primary N) is 1. The molecule has 1 saturated carbocycles. The van der Waals surface area contributed by atoms with Crippen molar-refractivity contribution in [3.8, 4) is 11.1 Å². The van der Waals surface area contributed by atoms with Crippen molar-refractivity contribution in [3.63, 3.8) is 0 Å². The van der Waals surface area contributed by atoms with E-state index in [1.54, 1.807) is 11.3 Å². The van der Waals surface area contributed by atoms with Gasteiger partial charge in [0.25, 0.3) is 0 Å². The van der Waals surface area contributed by atoms with Crippen LogP contribution in [0.5, 0.6) is 0 Å². The molecular formula is C21H23N5OS. The van der Waals surface area contributed by atoms with Gasteiger partial charge in [0.1, 0.15) is 16.5 Å². The number of piperidine rings is 1. The number of aromatic nitrogens is 2. The Balaban J connectivity index is 1.54. The summed E-state index contributed by atoms with van der Waals surface area (Å²) < 4.78 is 0. The van der Waals surface area contributed by atoms with Crippen molar-refractivity contribution in [1.29, 1.82) is 0 Å². The second kappa shape index (κ2) is 7.05. The number of primary amides is 1. The Morgan fingerprint density at radius 1 is 1.11 bits per heavy atom. The summed E-state index contributed by atoms with van der Waals surface area (Å²) in [6.07, 6.45) is 4.12. The first-order valence-corrected chi connectivity index (χ1v) is 10.7. The van der Waals surface area contributed by atoms with Crippen LogP contribution in [0.3, 0.4) is 0 Å². The van der Waals surface area contributed by atoms with Crippen LogP contribution in [0.15, 0.2) is 35.7 Å². The van der Waals surface area contributed by atoms with E-state index < -0.39 is 6.03 Å². The molecule has 144 valence electrons. The molecular weight excluding hydrogens is 370 g/mol. The Labute approximate surface area is 167 Å². The number of anilines is 1. The Bertz CT molecular complexity index is 1010. The number of hydrogen-bond acceptors (Lipinski definition) is 5. The van der Waals surface area contributed by atoms with E-state index in [-0.39, 0.29) is 6.04 Å². The Kier molecular flexibility index (Phi) is 4.39. The molecule has 5 rings (SSSR count). The molecule has 3 heterocycles. The molecule has 2 amide bonds. The van der Waals surface area contributed by atoms with E-state index in [2.05, 4.69) is 39.9 Å². The summed E-state index contributed by atoms with van der Waals surface area (Å²) in [6, 6.07) is 10.2. The summed E-state index contributed by atoms with van der Waals surface area (Å²) in [7, 11) is 0. The van der Waals surface area contributed by atoms with E-state index in [4.69, 9.17) is 15.7 Å². The van der Waals surface area contributed by atoms with E-state index >= 15 is 0 Å². The highest BCUT2D eigenvalue weighted by atomic mass is 32.1. The van der Waals surface area contributed by atoms with Gasteiger partial charge in [0, 0.05) is 36.0 Å². The molecule has 0 radical (unpaired) electrons. The molecule has 6 nitrogen and oxygen atoms in total. The molecule has 2 aromatic heterocycles. The van der Waals surface area contributed by atoms with Gasteiger partial charge in [-0.2, -0.15) is 0 Å². The van der Waals surface area contributed by atoms with Crippen LogP contribution in [0.25, 0.3) is 21.3 Å². The molecule has 1 saturated heterocycles. The number of carbonyl (C=O) groups excluding carboxylic acids is 1. The minimum Gasteiger partial charge on any atom is -0.356 e. The zero-order chi connectivity index (χ0) is 19.1. The second-order valence-electron chi connectivity index (χ2n) is 7.65. The van der Waals surface area contributed by atoms with Crippen molar-refractivity contribution in [1.82, 2.24) is 15.3 Å². The number of carbonyl (C=O) groups is 1. The fourth-order valence-corrected chi connectivity index (χ4v) is 4.91. The van der Waals surface area contributed by atoms with Gasteiger partial charge in [-0.1, -0.05) is 30.3 Å². The van der Waals surface area contributed by atoms with E-state index in [1.165, 1.54) is 24.0 Å². The number of amides is 2. The lowest BCUT2D eigenvalue weighted by atomic mass is 10.0. The van der Waals surface area contributed by atoms with Gasteiger partial charge in [0.05, 0.1) is 5.39 Å². The fourth-order valence-electron chi connectivity index (χ4n) is 3.96. The van der Waals surface area contributed by atoms with Gasteiger partial charge in [-0.3, -0.25) is 0 Å². The van der Waals surface area contributed by atoms with E-state index in [0.29, 0.717) is 5.92 Å². The van der Waals surface area contributed by atoms with Crippen molar-refractivity contribution in [2.24, 2.45) is 5.73 Å². The van der Waals surface area contributed by atoms with Crippen LogP contribution in [0, 0.1) is 0 Å². The molecule has 1 aliphatic carbocycles. The molecule has 2 aliphatic rings. The Morgan fingerprint density at radius 2 is 1.86 bits per heavy atom. The predicted molar refractivity (Wildman–Crippen MR) is 113 cm³/mol. The summed E-state index contributed by atoms with van der Waals surface area (Å²) in [5, 5.41) is 6.20. The monoisotopic (exact) mass is 393 g/mol. The molecule has 0 atom stereocenters. The van der Waals surface area contributed by atoms with Crippen molar-refractivity contribution >= 4 is 33.4 Å². The van der Waals surface area contributed by atoms with Crippen molar-refractivity contribution in [2.75, 3.05) is 18.0 Å². The Hall–Kier alpha value is -2.67. The lowest BCUT2D eigenvalue weighted by Crippen LogP contribution is -2.46. The van der Waals surface area contributed by atoms with Crippen LogP contribution >= 0.6 is 11.3 Å². The SMILES string of the molecule is NC(=O)NC1CCN(c2nc(C3CC3)nc3scc(-c4ccccc4)c23)CC1. The van der Waals surface area contributed by atoms with Gasteiger partial charge >= 0.3 is 6.03 Å². The minimum absolute atomic E-state index is 0.144. The number of urea groups is 1. The number of benzene rings is 1. The topological polar surface area (TPSA) is 84.1 Å². The number of rotatable bonds is 4. The predicted octanol–water partition coefficient (Wildman–Crippen LogP) is 3.87. The largest absolute Gasteiger partial charge is 0.356 e. The first kappa shape index (κ1) is 17.4. The van der Waals surface area contributed by atoms with Crippen molar-refractivity contribution in [3.05, 3.63) is 41.5 Å². The van der Waals surface area contributed by atoms with Gasteiger partial charge < -0.3 is 16.0 Å². The third-order valence-electron chi connectivity index (χ3n) is 5.60. The van der Waals surface area contributed by atoms with Gasteiger partial charge in [-0.25, -0.2) is 14.8 Å². The average Bonchev–Trinajstić information content (AvgIpc) is 3.47. The average molecular weight is 394 g/mol. The van der Waals surface area contributed by atoms with Crippen molar-refractivity contribution in [2.45, 2.75) is 37.6 Å². The number of nitrogens with one attached hydrogen (secondary N) is 1. The van der Waals surface area contributed by atoms with Gasteiger partial charge in [0.2, 0.25) is 0 Å². The maximum atomic E-state index is 11.2. The third-order valence-corrected chi connectivity index (χ3v) is 6.47. The van der Waals surface area contributed by atoms with Crippen LogP contribution in [0.2, 0.25) is 0 Å². The minimum atomic E-state index is -0.442. The number of hydrogen-bond donors (Lipinski definition) is 2. The van der Waals surface area contributed by atoms with Crippen LogP contribution in [-0.2, 0) is 0 Å². The van der Waals surface area contributed by atoms with Crippen LogP contribution < -0.4 is 16.0 Å². The first-order chi connectivity index (χ1) is 13.7. The van der Waals surface area contributed by atoms with E-state index in [1.807, 2.05) is 6.07 Å². The molecule has 0 spiro atoms. The summed E-state index contributed by atoms with van der Waals surface area (Å²) in [4.78, 5) is 24.5. The molecule has 3 N–H and O–H groups in total. The third kappa shape index (κ3) is 3.30. The summed E-state index contributed by atoms with van der Waals surface area (Å²) in [6.45, 7) is 1.70. The maximum Gasteiger partial charge on any atom is 0.312 e. The molecule has 28 heavy (non-hydrogen) atoms. The highest BCUT2D eigenvalue weighted by molar-refractivity contribution is 7.17. The van der Waals surface area contributed by atoms with Gasteiger partial charge in [-0.05, 0) is 31.2 Å². The Morgan fingerprint density at radius 3 is 2.54 bits per heavy atom. The molecule has 1 aromatic carbocycles. The zero-order valence-corrected chi connectivity index (χ0v) is 16.4. The summed E-state index contributed by atoms with van der Waals surface area (Å²) in [5.74, 6) is 2.55. The fraction of sp³-hybridized carbons (Fsp3) is 0.381. The second-order valence-corrected chi connectivity index (χ2v) is 8.50. The van der Waals surface area contributed by atoms with Crippen molar-refractivity contribution < 1.29 is 4.79 Å². The standard InChI is InChI=1S/C21H23N5OS/c22-21(27)23-15-8-10-26(11-9-15)19-17-16(13-4-2-1-3-5-13)12-28-20(17)25-18(24-19)14-6-7-14/h1-5,12,14-15H,6-11H2,(H3,22,23,27). The van der Waals surface area contributed by atoms with Crippen LogP contribution in [0.4, 0.5) is 10.6 Å². The lowest BCUT2D eigenvalue weighted by molar-refractivity contribution is 0.242. The normalized spacial score (nSPS) is 17.8. The zero-order valence-electron chi connectivity index (χ0n) is 15.6. The van der Waals surface area contributed by atoms with Crippen LogP contribution in [-0.4, -0.2) is 35.1 Å².